The molecule has 0 bridgehead atoms. The molecule has 4 heteroatoms. The Morgan fingerprint density at radius 3 is 2.67 bits per heavy atom. The van der Waals surface area contributed by atoms with Crippen molar-refractivity contribution in [3.8, 4) is 0 Å². The molecule has 0 saturated heterocycles. The van der Waals surface area contributed by atoms with Crippen LogP contribution in [-0.2, 0) is 4.79 Å². The molecule has 0 radical (unpaired) electrons. The molecule has 70 valence electrons. The molecular formula is C8H16N2O2. The standard InChI is InChI=1S/C8H16N2O2/c1-8(2)5(3-6(8)11)10-7(12)4-9/h5-6,11H,3-4,9H2,1-2H3,(H,10,12). The van der Waals surface area contributed by atoms with Crippen molar-refractivity contribution in [3.05, 3.63) is 0 Å². The highest BCUT2D eigenvalue weighted by Crippen LogP contribution is 2.40. The van der Waals surface area contributed by atoms with Gasteiger partial charge in [-0.05, 0) is 6.42 Å². The predicted molar refractivity (Wildman–Crippen MR) is 45.4 cm³/mol. The Kier molecular flexibility index (Phi) is 2.39. The second-order valence-electron chi connectivity index (χ2n) is 3.90. The lowest BCUT2D eigenvalue weighted by molar-refractivity contribution is -0.127. The van der Waals surface area contributed by atoms with Gasteiger partial charge in [0.25, 0.3) is 0 Å². The van der Waals surface area contributed by atoms with Crippen LogP contribution in [0.5, 0.6) is 0 Å². The van der Waals surface area contributed by atoms with Gasteiger partial charge >= 0.3 is 0 Å². The van der Waals surface area contributed by atoms with Gasteiger partial charge in [0.2, 0.25) is 5.91 Å². The Morgan fingerprint density at radius 1 is 1.75 bits per heavy atom. The number of nitrogens with one attached hydrogen (secondary N) is 1. The van der Waals surface area contributed by atoms with Gasteiger partial charge in [-0.15, -0.1) is 0 Å². The van der Waals surface area contributed by atoms with Crippen molar-refractivity contribution in [1.82, 2.24) is 5.32 Å². The lowest BCUT2D eigenvalue weighted by atomic mass is 9.64. The van der Waals surface area contributed by atoms with Crippen molar-refractivity contribution in [2.75, 3.05) is 6.54 Å². The van der Waals surface area contributed by atoms with Gasteiger partial charge in [-0.2, -0.15) is 0 Å². The van der Waals surface area contributed by atoms with Crippen LogP contribution in [0.2, 0.25) is 0 Å². The van der Waals surface area contributed by atoms with Crippen molar-refractivity contribution in [3.63, 3.8) is 0 Å². The molecule has 0 aromatic heterocycles. The van der Waals surface area contributed by atoms with Gasteiger partial charge in [0.1, 0.15) is 0 Å². The quantitative estimate of drug-likeness (QED) is 0.511. The fourth-order valence-corrected chi connectivity index (χ4v) is 1.40. The van der Waals surface area contributed by atoms with Crippen molar-refractivity contribution < 1.29 is 9.90 Å². The third-order valence-electron chi connectivity index (χ3n) is 2.74. The SMILES string of the molecule is CC1(C)C(O)CC1NC(=O)CN. The average Bonchev–Trinajstić information content (AvgIpc) is 2.03. The maximum absolute atomic E-state index is 10.9. The summed E-state index contributed by atoms with van der Waals surface area (Å²) in [5.41, 5.74) is 4.94. The van der Waals surface area contributed by atoms with Crippen molar-refractivity contribution in [2.45, 2.75) is 32.4 Å². The summed E-state index contributed by atoms with van der Waals surface area (Å²) in [6, 6.07) is 0.0727. The van der Waals surface area contributed by atoms with E-state index in [0.717, 1.165) is 0 Å². The van der Waals surface area contributed by atoms with Gasteiger partial charge in [-0.3, -0.25) is 4.79 Å². The Morgan fingerprint density at radius 2 is 2.33 bits per heavy atom. The molecule has 1 rings (SSSR count). The first-order valence-electron chi connectivity index (χ1n) is 4.16. The number of carbonyl (C=O) groups is 1. The summed E-state index contributed by atoms with van der Waals surface area (Å²) >= 11 is 0. The lowest BCUT2D eigenvalue weighted by Gasteiger charge is -2.49. The summed E-state index contributed by atoms with van der Waals surface area (Å²) in [6.45, 7) is 3.88. The molecule has 2 atom stereocenters. The van der Waals surface area contributed by atoms with Gasteiger partial charge in [-0.25, -0.2) is 0 Å². The van der Waals surface area contributed by atoms with E-state index in [1.807, 2.05) is 13.8 Å². The molecule has 4 N–H and O–H groups in total. The number of aliphatic hydroxyl groups is 1. The Hall–Kier alpha value is -0.610. The molecule has 1 amide bonds. The third kappa shape index (κ3) is 1.44. The van der Waals surface area contributed by atoms with Gasteiger partial charge in [0.15, 0.2) is 0 Å². The minimum Gasteiger partial charge on any atom is -0.392 e. The van der Waals surface area contributed by atoms with Crippen LogP contribution in [0, 0.1) is 5.41 Å². The summed E-state index contributed by atoms with van der Waals surface area (Å²) < 4.78 is 0. The van der Waals surface area contributed by atoms with Gasteiger partial charge in [0, 0.05) is 11.5 Å². The van der Waals surface area contributed by atoms with E-state index in [4.69, 9.17) is 5.73 Å². The van der Waals surface area contributed by atoms with Gasteiger partial charge in [0.05, 0.1) is 12.6 Å². The summed E-state index contributed by atoms with van der Waals surface area (Å²) in [4.78, 5) is 10.9. The molecule has 1 saturated carbocycles. The van der Waals surface area contributed by atoms with Crippen molar-refractivity contribution in [1.29, 1.82) is 0 Å². The summed E-state index contributed by atoms with van der Waals surface area (Å²) in [5.74, 6) is -0.153. The fraction of sp³-hybridized carbons (Fsp3) is 0.875. The maximum Gasteiger partial charge on any atom is 0.233 e. The first kappa shape index (κ1) is 9.48. The number of rotatable bonds is 2. The van der Waals surface area contributed by atoms with Crippen LogP contribution < -0.4 is 11.1 Å². The van der Waals surface area contributed by atoms with Crippen LogP contribution in [0.1, 0.15) is 20.3 Å². The van der Waals surface area contributed by atoms with E-state index in [9.17, 15) is 9.90 Å². The number of nitrogens with two attached hydrogens (primary N) is 1. The first-order valence-corrected chi connectivity index (χ1v) is 4.16. The smallest absolute Gasteiger partial charge is 0.233 e. The molecule has 0 aromatic carbocycles. The van der Waals surface area contributed by atoms with Crippen LogP contribution in [0.15, 0.2) is 0 Å². The minimum atomic E-state index is -0.305. The first-order chi connectivity index (χ1) is 5.48. The molecule has 12 heavy (non-hydrogen) atoms. The molecule has 2 unspecified atom stereocenters. The second kappa shape index (κ2) is 3.03. The van der Waals surface area contributed by atoms with Crippen LogP contribution in [0.3, 0.4) is 0 Å². The summed E-state index contributed by atoms with van der Waals surface area (Å²) in [7, 11) is 0. The number of carbonyl (C=O) groups excluding carboxylic acids is 1. The van der Waals surface area contributed by atoms with E-state index in [0.29, 0.717) is 6.42 Å². The Labute approximate surface area is 72.1 Å². The lowest BCUT2D eigenvalue weighted by Crippen LogP contribution is -2.61. The van der Waals surface area contributed by atoms with E-state index in [1.54, 1.807) is 0 Å². The van der Waals surface area contributed by atoms with E-state index in [1.165, 1.54) is 0 Å². The average molecular weight is 172 g/mol. The van der Waals surface area contributed by atoms with E-state index < -0.39 is 0 Å². The highest BCUT2D eigenvalue weighted by atomic mass is 16.3. The number of amides is 1. The molecule has 0 spiro atoms. The Balaban J connectivity index is 2.42. The fourth-order valence-electron chi connectivity index (χ4n) is 1.40. The normalized spacial score (nSPS) is 32.3. The highest BCUT2D eigenvalue weighted by molar-refractivity contribution is 5.78. The van der Waals surface area contributed by atoms with Crippen LogP contribution in [0.4, 0.5) is 0 Å². The summed E-state index contributed by atoms with van der Waals surface area (Å²) in [5, 5.41) is 12.1. The van der Waals surface area contributed by atoms with Crippen molar-refractivity contribution in [2.24, 2.45) is 11.1 Å². The topological polar surface area (TPSA) is 75.3 Å². The molecule has 1 fully saturated rings. The molecule has 0 aromatic rings. The Bertz CT molecular complexity index is 191. The molecule has 1 aliphatic rings. The monoisotopic (exact) mass is 172 g/mol. The highest BCUT2D eigenvalue weighted by Gasteiger charge is 2.47. The largest absolute Gasteiger partial charge is 0.392 e. The van der Waals surface area contributed by atoms with Crippen molar-refractivity contribution >= 4 is 5.91 Å². The van der Waals surface area contributed by atoms with Crippen LogP contribution in [-0.4, -0.2) is 29.7 Å². The second-order valence-corrected chi connectivity index (χ2v) is 3.90. The maximum atomic E-state index is 10.9. The number of hydrogen-bond donors (Lipinski definition) is 3. The number of hydrogen-bond acceptors (Lipinski definition) is 3. The van der Waals surface area contributed by atoms with Gasteiger partial charge < -0.3 is 16.2 Å². The molecule has 4 nitrogen and oxygen atoms in total. The number of aliphatic hydroxyl groups excluding tert-OH is 1. The van der Waals surface area contributed by atoms with Crippen LogP contribution >= 0.6 is 0 Å². The zero-order chi connectivity index (χ0) is 9.35. The van der Waals surface area contributed by atoms with E-state index in [2.05, 4.69) is 5.32 Å². The zero-order valence-corrected chi connectivity index (χ0v) is 7.50. The zero-order valence-electron chi connectivity index (χ0n) is 7.50. The third-order valence-corrected chi connectivity index (χ3v) is 2.74. The van der Waals surface area contributed by atoms with E-state index in [-0.39, 0.29) is 30.0 Å². The summed E-state index contributed by atoms with van der Waals surface area (Å²) in [6.07, 6.45) is 0.333. The van der Waals surface area contributed by atoms with E-state index >= 15 is 0 Å². The molecular weight excluding hydrogens is 156 g/mol. The molecule has 0 heterocycles. The molecule has 0 aliphatic heterocycles. The predicted octanol–water partition coefficient (Wildman–Crippen LogP) is -0.779. The molecule has 1 aliphatic carbocycles. The van der Waals surface area contributed by atoms with Crippen LogP contribution in [0.25, 0.3) is 0 Å². The minimum absolute atomic E-state index is 0.0165. The van der Waals surface area contributed by atoms with Gasteiger partial charge in [-0.1, -0.05) is 13.8 Å².